The van der Waals surface area contributed by atoms with Crippen molar-refractivity contribution in [3.63, 3.8) is 0 Å². The Morgan fingerprint density at radius 2 is 1.79 bits per heavy atom. The quantitative estimate of drug-likeness (QED) is 0.185. The molecule has 0 spiro atoms. The van der Waals surface area contributed by atoms with Crippen LogP contribution in [0.1, 0.15) is 40.7 Å². The largest absolute Gasteiger partial charge is 0.340 e. The number of rotatable bonds is 8. The van der Waals surface area contributed by atoms with Gasteiger partial charge in [-0.25, -0.2) is 14.2 Å². The van der Waals surface area contributed by atoms with Crippen molar-refractivity contribution in [1.29, 1.82) is 0 Å². The molecule has 1 saturated carbocycles. The molecular weight excluding hydrogens is 434 g/mol. The highest BCUT2D eigenvalue weighted by Gasteiger charge is 2.25. The fourth-order valence-electron chi connectivity index (χ4n) is 3.89. The van der Waals surface area contributed by atoms with E-state index in [-0.39, 0.29) is 0 Å². The molecule has 7 nitrogen and oxygen atoms in total. The van der Waals surface area contributed by atoms with Gasteiger partial charge in [-0.1, -0.05) is 12.1 Å². The van der Waals surface area contributed by atoms with Gasteiger partial charge in [0.15, 0.2) is 0 Å². The number of hydrogen-bond acceptors (Lipinski definition) is 8. The number of anilines is 4. The first kappa shape index (κ1) is 22.2. The Kier molecular flexibility index (Phi) is 6.50. The summed E-state index contributed by atoms with van der Waals surface area (Å²) in [6.07, 6.45) is 5.32. The highest BCUT2D eigenvalue weighted by molar-refractivity contribution is 7.92. The van der Waals surface area contributed by atoms with E-state index < -0.39 is 0 Å². The lowest BCUT2D eigenvalue weighted by Gasteiger charge is -2.26. The second-order valence-corrected chi connectivity index (χ2v) is 9.69. The van der Waals surface area contributed by atoms with Gasteiger partial charge in [0.1, 0.15) is 18.0 Å². The lowest BCUT2D eigenvalue weighted by molar-refractivity contribution is -0.204. The molecule has 2 N–H and O–H groups in total. The van der Waals surface area contributed by atoms with Gasteiger partial charge in [0.25, 0.3) is 0 Å². The van der Waals surface area contributed by atoms with Gasteiger partial charge in [-0.3, -0.25) is 0 Å². The van der Waals surface area contributed by atoms with Crippen LogP contribution in [-0.4, -0.2) is 26.9 Å². The van der Waals surface area contributed by atoms with Gasteiger partial charge in [-0.15, -0.1) is 4.33 Å². The van der Waals surface area contributed by atoms with Crippen LogP contribution in [0.2, 0.25) is 0 Å². The molecule has 0 saturated heterocycles. The minimum atomic E-state index is 0.296. The predicted octanol–water partition coefficient (Wildman–Crippen LogP) is 5.92. The van der Waals surface area contributed by atoms with E-state index in [0.29, 0.717) is 12.1 Å². The molecule has 0 radical (unpaired) electrons. The summed E-state index contributed by atoms with van der Waals surface area (Å²) in [5.74, 6) is 1.38. The lowest BCUT2D eigenvalue weighted by atomic mass is 10.0. The molecule has 0 amide bonds. The molecule has 0 atom stereocenters. The van der Waals surface area contributed by atoms with E-state index >= 15 is 0 Å². The average Bonchev–Trinajstić information content (AvgIpc) is 3.60. The number of aromatic nitrogens is 2. The van der Waals surface area contributed by atoms with Crippen molar-refractivity contribution >= 4 is 35.4 Å². The van der Waals surface area contributed by atoms with Gasteiger partial charge >= 0.3 is 0 Å². The molecule has 2 aromatic carbocycles. The molecule has 2 heterocycles. The number of hydrogen-bond donors (Lipinski definition) is 2. The molecule has 8 heteroatoms. The Morgan fingerprint density at radius 3 is 2.58 bits per heavy atom. The Hall–Kier alpha value is -2.65. The van der Waals surface area contributed by atoms with Gasteiger partial charge in [0, 0.05) is 36.2 Å². The fraction of sp³-hybridized carbons (Fsp3) is 0.360. The van der Waals surface area contributed by atoms with E-state index in [4.69, 9.17) is 14.2 Å². The third kappa shape index (κ3) is 5.83. The van der Waals surface area contributed by atoms with Crippen LogP contribution in [0.15, 0.2) is 42.6 Å². The first-order valence-corrected chi connectivity index (χ1v) is 12.0. The highest BCUT2D eigenvalue weighted by Crippen LogP contribution is 2.31. The SMILES string of the molecule is Cc1cc(C)cc(Nc2ncc(C)c(Nc3ccc4c(c3)CCN(SOOC3CC3)C4)n2)c1. The van der Waals surface area contributed by atoms with Crippen molar-refractivity contribution < 1.29 is 9.22 Å². The molecule has 0 unspecified atom stereocenters. The zero-order chi connectivity index (χ0) is 22.8. The normalized spacial score (nSPS) is 15.8. The van der Waals surface area contributed by atoms with Gasteiger partial charge in [0.05, 0.1) is 6.10 Å². The van der Waals surface area contributed by atoms with Crippen LogP contribution in [0.5, 0.6) is 0 Å². The van der Waals surface area contributed by atoms with Gasteiger partial charge in [-0.2, -0.15) is 4.98 Å². The maximum atomic E-state index is 5.30. The number of nitrogens with one attached hydrogen (secondary N) is 2. The monoisotopic (exact) mass is 463 g/mol. The van der Waals surface area contributed by atoms with Crippen molar-refractivity contribution in [2.75, 3.05) is 17.2 Å². The van der Waals surface area contributed by atoms with E-state index in [9.17, 15) is 0 Å². The summed E-state index contributed by atoms with van der Waals surface area (Å²) < 4.78 is 7.50. The van der Waals surface area contributed by atoms with Crippen molar-refractivity contribution in [1.82, 2.24) is 14.3 Å². The number of nitrogens with zero attached hydrogens (tertiary/aromatic N) is 3. The van der Waals surface area contributed by atoms with Crippen molar-refractivity contribution in [2.45, 2.75) is 52.7 Å². The van der Waals surface area contributed by atoms with Gasteiger partial charge in [0.2, 0.25) is 5.95 Å². The Balaban J connectivity index is 1.25. The summed E-state index contributed by atoms with van der Waals surface area (Å²) in [5, 5.41) is 6.81. The number of benzene rings is 2. The molecule has 2 aliphatic rings. The minimum Gasteiger partial charge on any atom is -0.340 e. The first-order chi connectivity index (χ1) is 16.0. The Morgan fingerprint density at radius 1 is 0.970 bits per heavy atom. The number of fused-ring (bicyclic) bond motifs is 1. The molecule has 3 aromatic rings. The maximum Gasteiger partial charge on any atom is 0.229 e. The highest BCUT2D eigenvalue weighted by atomic mass is 32.2. The summed E-state index contributed by atoms with van der Waals surface area (Å²) in [7, 11) is 0. The predicted molar refractivity (Wildman–Crippen MR) is 133 cm³/mol. The smallest absolute Gasteiger partial charge is 0.229 e. The van der Waals surface area contributed by atoms with E-state index in [2.05, 4.69) is 70.2 Å². The molecule has 33 heavy (non-hydrogen) atoms. The van der Waals surface area contributed by atoms with Crippen LogP contribution in [0, 0.1) is 20.8 Å². The van der Waals surface area contributed by atoms with E-state index in [1.54, 1.807) is 0 Å². The van der Waals surface area contributed by atoms with Crippen LogP contribution in [0.4, 0.5) is 23.1 Å². The molecule has 1 aliphatic carbocycles. The maximum absolute atomic E-state index is 5.30. The summed E-state index contributed by atoms with van der Waals surface area (Å²) >= 11 is 1.31. The van der Waals surface area contributed by atoms with Crippen molar-refractivity contribution in [3.05, 3.63) is 70.4 Å². The molecule has 5 rings (SSSR count). The topological polar surface area (TPSA) is 71.5 Å². The third-order valence-electron chi connectivity index (χ3n) is 5.73. The lowest BCUT2D eigenvalue weighted by Crippen LogP contribution is -2.25. The van der Waals surface area contributed by atoms with Crippen LogP contribution in [-0.2, 0) is 22.2 Å². The first-order valence-electron chi connectivity index (χ1n) is 11.3. The van der Waals surface area contributed by atoms with Gasteiger partial charge < -0.3 is 10.6 Å². The Bertz CT molecular complexity index is 1130. The third-order valence-corrected chi connectivity index (χ3v) is 6.39. The molecule has 172 valence electrons. The van der Waals surface area contributed by atoms with Crippen molar-refractivity contribution in [3.8, 4) is 0 Å². The van der Waals surface area contributed by atoms with E-state index in [1.165, 1.54) is 34.5 Å². The minimum absolute atomic E-state index is 0.296. The molecule has 1 aliphatic heterocycles. The molecule has 0 bridgehead atoms. The van der Waals surface area contributed by atoms with Crippen LogP contribution < -0.4 is 10.6 Å². The second kappa shape index (κ2) is 9.69. The van der Waals surface area contributed by atoms with Crippen LogP contribution in [0.3, 0.4) is 0 Å². The fourth-order valence-corrected chi connectivity index (χ4v) is 4.48. The second-order valence-electron chi connectivity index (χ2n) is 8.89. The molecule has 1 fully saturated rings. The average molecular weight is 464 g/mol. The standard InChI is InChI=1S/C25H29N5O2S/c1-16-10-17(2)12-22(11-16)28-25-26-14-18(3)24(29-25)27-21-5-4-20-15-30(9-8-19(20)13-21)33-32-31-23-6-7-23/h4-5,10-14,23H,6-9,15H2,1-3H3,(H2,26,27,28,29). The molecule has 1 aromatic heterocycles. The Labute approximate surface area is 199 Å². The zero-order valence-corrected chi connectivity index (χ0v) is 20.0. The van der Waals surface area contributed by atoms with E-state index in [0.717, 1.165) is 55.1 Å². The zero-order valence-electron chi connectivity index (χ0n) is 19.2. The number of aryl methyl sites for hydroxylation is 3. The van der Waals surface area contributed by atoms with Crippen LogP contribution in [0.25, 0.3) is 0 Å². The van der Waals surface area contributed by atoms with Crippen molar-refractivity contribution in [2.24, 2.45) is 0 Å². The van der Waals surface area contributed by atoms with Gasteiger partial charge in [-0.05, 0) is 86.6 Å². The van der Waals surface area contributed by atoms with E-state index in [1.807, 2.05) is 13.1 Å². The van der Waals surface area contributed by atoms with Crippen LogP contribution >= 0.6 is 12.2 Å². The molecular formula is C25H29N5O2S. The summed E-state index contributed by atoms with van der Waals surface area (Å²) in [4.78, 5) is 14.5. The summed E-state index contributed by atoms with van der Waals surface area (Å²) in [6.45, 7) is 7.95. The summed E-state index contributed by atoms with van der Waals surface area (Å²) in [5.41, 5.74) is 8.08. The summed E-state index contributed by atoms with van der Waals surface area (Å²) in [6, 6.07) is 12.8.